The summed E-state index contributed by atoms with van der Waals surface area (Å²) in [5, 5.41) is 20.8. The van der Waals surface area contributed by atoms with Gasteiger partial charge in [0.25, 0.3) is 5.91 Å². The topological polar surface area (TPSA) is 110 Å². The van der Waals surface area contributed by atoms with Gasteiger partial charge in [-0.1, -0.05) is 32.0 Å². The van der Waals surface area contributed by atoms with Crippen molar-refractivity contribution in [1.82, 2.24) is 15.6 Å². The minimum atomic E-state index is -0.452. The van der Waals surface area contributed by atoms with Crippen LogP contribution in [0.1, 0.15) is 38.3 Å². The van der Waals surface area contributed by atoms with Crippen molar-refractivity contribution in [3.8, 4) is 5.75 Å². The maximum atomic E-state index is 12.5. The van der Waals surface area contributed by atoms with Gasteiger partial charge in [-0.2, -0.15) is 5.11 Å². The summed E-state index contributed by atoms with van der Waals surface area (Å²) in [4.78, 5) is 16.8. The Labute approximate surface area is 152 Å². The Bertz CT molecular complexity index is 858. The molecule has 0 bridgehead atoms. The van der Waals surface area contributed by atoms with Crippen molar-refractivity contribution in [3.05, 3.63) is 47.9 Å². The molecule has 7 heteroatoms. The fraction of sp³-hybridized carbons (Fsp3) is 0.368. The summed E-state index contributed by atoms with van der Waals surface area (Å²) >= 11 is 0. The third kappa shape index (κ3) is 3.82. The lowest BCUT2D eigenvalue weighted by molar-refractivity contribution is -0.118. The number of aromatic hydroxyl groups is 1. The van der Waals surface area contributed by atoms with E-state index in [1.807, 2.05) is 32.0 Å². The highest BCUT2D eigenvalue weighted by atomic mass is 16.3. The number of phenols is 1. The van der Waals surface area contributed by atoms with Gasteiger partial charge in [0, 0.05) is 29.4 Å². The van der Waals surface area contributed by atoms with Gasteiger partial charge in [0.15, 0.2) is 5.70 Å². The van der Waals surface area contributed by atoms with E-state index >= 15 is 0 Å². The third-order valence-corrected chi connectivity index (χ3v) is 4.45. The molecule has 26 heavy (non-hydrogen) atoms. The van der Waals surface area contributed by atoms with Crippen LogP contribution in [0.5, 0.6) is 5.75 Å². The molecule has 1 aromatic carbocycles. The van der Waals surface area contributed by atoms with Crippen molar-refractivity contribution in [3.63, 3.8) is 0 Å². The van der Waals surface area contributed by atoms with Crippen molar-refractivity contribution in [2.45, 2.75) is 38.8 Å². The second-order valence-corrected chi connectivity index (χ2v) is 6.86. The van der Waals surface area contributed by atoms with Crippen LogP contribution in [-0.4, -0.2) is 22.0 Å². The number of fused-ring (bicyclic) bond motifs is 1. The predicted molar refractivity (Wildman–Crippen MR) is 98.5 cm³/mol. The quantitative estimate of drug-likeness (QED) is 0.452. The highest BCUT2D eigenvalue weighted by Crippen LogP contribution is 2.34. The number of phenolic OH excluding ortho intramolecular Hbond substituents is 1. The third-order valence-electron chi connectivity index (χ3n) is 4.45. The van der Waals surface area contributed by atoms with Crippen LogP contribution < -0.4 is 10.6 Å². The van der Waals surface area contributed by atoms with Crippen LogP contribution in [0.4, 0.5) is 0 Å². The molecule has 2 aromatic rings. The van der Waals surface area contributed by atoms with E-state index in [4.69, 9.17) is 5.53 Å². The van der Waals surface area contributed by atoms with E-state index in [0.717, 1.165) is 18.2 Å². The van der Waals surface area contributed by atoms with Gasteiger partial charge in [0.05, 0.1) is 6.04 Å². The first-order chi connectivity index (χ1) is 12.5. The minimum Gasteiger partial charge on any atom is -0.505 e. The highest BCUT2D eigenvalue weighted by molar-refractivity contribution is 5.93. The molecule has 4 N–H and O–H groups in total. The maximum absolute atomic E-state index is 12.5. The molecule has 0 radical (unpaired) electrons. The Kier molecular flexibility index (Phi) is 5.16. The molecule has 1 heterocycles. The summed E-state index contributed by atoms with van der Waals surface area (Å²) in [6.45, 7) is 3.91. The highest BCUT2D eigenvalue weighted by Gasteiger charge is 2.25. The predicted octanol–water partition coefficient (Wildman–Crippen LogP) is 3.38. The van der Waals surface area contributed by atoms with Gasteiger partial charge in [-0.3, -0.25) is 9.78 Å². The first-order valence-electron chi connectivity index (χ1n) is 8.72. The van der Waals surface area contributed by atoms with Gasteiger partial charge < -0.3 is 15.7 Å². The Morgan fingerprint density at radius 1 is 1.38 bits per heavy atom. The molecular weight excluding hydrogens is 330 g/mol. The number of carbonyl (C=O) groups is 1. The largest absolute Gasteiger partial charge is 0.505 e. The summed E-state index contributed by atoms with van der Waals surface area (Å²) in [6.07, 6.45) is 5.24. The van der Waals surface area contributed by atoms with Gasteiger partial charge in [-0.05, 0) is 24.8 Å². The number of amides is 1. The lowest BCUT2D eigenvalue weighted by Crippen LogP contribution is -2.33. The Hall–Kier alpha value is -2.96. The second kappa shape index (κ2) is 7.51. The summed E-state index contributed by atoms with van der Waals surface area (Å²) in [7, 11) is 0. The summed E-state index contributed by atoms with van der Waals surface area (Å²) in [5.74, 6) is -0.367. The lowest BCUT2D eigenvalue weighted by Gasteiger charge is -2.24. The number of benzene rings is 1. The molecule has 1 aliphatic rings. The summed E-state index contributed by atoms with van der Waals surface area (Å²) < 4.78 is 0. The van der Waals surface area contributed by atoms with Gasteiger partial charge in [0.2, 0.25) is 0 Å². The number of hydrogen-bond acceptors (Lipinski definition) is 6. The minimum absolute atomic E-state index is 0.0148. The van der Waals surface area contributed by atoms with E-state index in [2.05, 4.69) is 20.7 Å². The molecule has 3 rings (SSSR count). The number of pyridine rings is 1. The number of aromatic nitrogens is 1. The zero-order valence-corrected chi connectivity index (χ0v) is 14.9. The van der Waals surface area contributed by atoms with Crippen LogP contribution in [0.3, 0.4) is 0 Å². The molecule has 0 saturated heterocycles. The fourth-order valence-electron chi connectivity index (χ4n) is 2.81. The van der Waals surface area contributed by atoms with Crippen molar-refractivity contribution in [2.75, 3.05) is 0 Å². The Morgan fingerprint density at radius 3 is 2.81 bits per heavy atom. The van der Waals surface area contributed by atoms with Gasteiger partial charge in [-0.15, -0.1) is 0 Å². The van der Waals surface area contributed by atoms with Crippen LogP contribution in [0.25, 0.3) is 10.9 Å². The van der Waals surface area contributed by atoms with Gasteiger partial charge in [-0.25, -0.2) is 5.53 Å². The molecule has 0 spiro atoms. The average molecular weight is 353 g/mol. The normalized spacial score (nSPS) is 15.7. The zero-order chi connectivity index (χ0) is 18.7. The van der Waals surface area contributed by atoms with Crippen LogP contribution in [0, 0.1) is 11.4 Å². The van der Waals surface area contributed by atoms with Crippen molar-refractivity contribution in [2.24, 2.45) is 11.0 Å². The van der Waals surface area contributed by atoms with Crippen molar-refractivity contribution in [1.29, 1.82) is 5.53 Å². The SMILES string of the molecule is CC(C)C(NC(=O)/C(=C/NC1CC1)N=N)c1ccc2cccnc2c1O. The monoisotopic (exact) mass is 353 g/mol. The average Bonchev–Trinajstić information content (AvgIpc) is 3.45. The maximum Gasteiger partial charge on any atom is 0.273 e. The van der Waals surface area contributed by atoms with Crippen LogP contribution in [0.15, 0.2) is 47.5 Å². The summed E-state index contributed by atoms with van der Waals surface area (Å²) in [5.41, 5.74) is 8.37. The van der Waals surface area contributed by atoms with Gasteiger partial charge in [0.1, 0.15) is 11.3 Å². The van der Waals surface area contributed by atoms with Crippen LogP contribution in [0.2, 0.25) is 0 Å². The van der Waals surface area contributed by atoms with E-state index < -0.39 is 11.9 Å². The van der Waals surface area contributed by atoms with E-state index in [0.29, 0.717) is 17.1 Å². The molecule has 136 valence electrons. The molecule has 1 atom stereocenters. The smallest absolute Gasteiger partial charge is 0.273 e. The number of carbonyl (C=O) groups excluding carboxylic acids is 1. The molecule has 1 aliphatic carbocycles. The molecule has 1 amide bonds. The molecule has 7 nitrogen and oxygen atoms in total. The van der Waals surface area contributed by atoms with E-state index in [9.17, 15) is 9.90 Å². The number of hydrogen-bond donors (Lipinski definition) is 4. The van der Waals surface area contributed by atoms with Crippen LogP contribution in [-0.2, 0) is 4.79 Å². The first-order valence-corrected chi connectivity index (χ1v) is 8.72. The number of rotatable bonds is 7. The number of nitrogens with one attached hydrogen (secondary N) is 3. The molecule has 1 unspecified atom stereocenters. The van der Waals surface area contributed by atoms with E-state index in [1.165, 1.54) is 6.20 Å². The van der Waals surface area contributed by atoms with Crippen molar-refractivity contribution < 1.29 is 9.90 Å². The van der Waals surface area contributed by atoms with E-state index in [1.54, 1.807) is 12.3 Å². The standard InChI is InChI=1S/C19H23N5O2/c1-11(2)16(23-19(26)15(24-20)10-22-13-6-7-13)14-8-5-12-4-3-9-21-17(12)18(14)25/h3-5,8-11,13,16,20,22,25H,6-7H2,1-2H3,(H,23,26)/b15-10-,24-20?. The molecular formula is C19H23N5O2. The number of nitrogens with zero attached hydrogens (tertiary/aromatic N) is 2. The Balaban J connectivity index is 1.87. The first kappa shape index (κ1) is 17.8. The molecule has 0 aliphatic heterocycles. The van der Waals surface area contributed by atoms with Gasteiger partial charge >= 0.3 is 0 Å². The second-order valence-electron chi connectivity index (χ2n) is 6.86. The zero-order valence-electron chi connectivity index (χ0n) is 14.9. The fourth-order valence-corrected chi connectivity index (χ4v) is 2.81. The Morgan fingerprint density at radius 2 is 2.15 bits per heavy atom. The van der Waals surface area contributed by atoms with Crippen LogP contribution >= 0.6 is 0 Å². The molecule has 1 aromatic heterocycles. The molecule has 1 fully saturated rings. The molecule has 1 saturated carbocycles. The van der Waals surface area contributed by atoms with E-state index in [-0.39, 0.29) is 17.4 Å². The summed E-state index contributed by atoms with van der Waals surface area (Å²) in [6, 6.07) is 7.30. The van der Waals surface area contributed by atoms with Crippen molar-refractivity contribution >= 4 is 16.8 Å². The lowest BCUT2D eigenvalue weighted by atomic mass is 9.94.